The van der Waals surface area contributed by atoms with E-state index in [2.05, 4.69) is 13.8 Å². The Kier molecular flexibility index (Phi) is 5.45. The number of carbonyl (C=O) groups excluding carboxylic acids is 2. The predicted molar refractivity (Wildman–Crippen MR) is 103 cm³/mol. The fraction of sp³-hybridized carbons (Fsp3) is 0.909. The van der Waals surface area contributed by atoms with Crippen molar-refractivity contribution in [3.63, 3.8) is 0 Å². The van der Waals surface area contributed by atoms with Crippen molar-refractivity contribution in [2.75, 3.05) is 26.9 Å². The van der Waals surface area contributed by atoms with Crippen LogP contribution in [-0.4, -0.2) is 62.3 Å². The number of esters is 2. The molecule has 164 valence electrons. The van der Waals surface area contributed by atoms with Gasteiger partial charge in [0.1, 0.15) is 13.2 Å². The molecule has 29 heavy (non-hydrogen) atoms. The van der Waals surface area contributed by atoms with E-state index in [1.807, 2.05) is 6.92 Å². The maximum atomic E-state index is 12.5. The van der Waals surface area contributed by atoms with Crippen LogP contribution in [0.1, 0.15) is 59.3 Å². The summed E-state index contributed by atoms with van der Waals surface area (Å²) in [6.07, 6.45) is 5.23. The van der Waals surface area contributed by atoms with Crippen molar-refractivity contribution in [3.05, 3.63) is 0 Å². The molecule has 0 aromatic carbocycles. The molecule has 0 radical (unpaired) electrons. The van der Waals surface area contributed by atoms with Gasteiger partial charge in [-0.15, -0.1) is 0 Å². The molecule has 4 rings (SSSR count). The standard InChI is InChI=1S/C22H34O7/c1-20(11-25-4,12-26-18(23)14-5-7-21(2)16(9-14)28-21)13-27-19(24)15-6-8-22(3)17(10-15)29-22/h14-17H,5-13H2,1-4H3. The normalized spacial score (nSPS) is 42.1. The molecule has 2 aliphatic carbocycles. The maximum Gasteiger partial charge on any atom is 0.309 e. The molecule has 6 atom stereocenters. The van der Waals surface area contributed by atoms with E-state index >= 15 is 0 Å². The fourth-order valence-electron chi connectivity index (χ4n) is 4.92. The lowest BCUT2D eigenvalue weighted by Gasteiger charge is -2.30. The first kappa shape index (κ1) is 21.1. The van der Waals surface area contributed by atoms with Gasteiger partial charge in [-0.3, -0.25) is 9.59 Å². The van der Waals surface area contributed by atoms with Gasteiger partial charge in [-0.05, 0) is 52.4 Å². The first-order chi connectivity index (χ1) is 13.7. The molecule has 0 aromatic rings. The van der Waals surface area contributed by atoms with Crippen LogP contribution in [0.5, 0.6) is 0 Å². The Morgan fingerprint density at radius 3 is 1.72 bits per heavy atom. The number of hydrogen-bond donors (Lipinski definition) is 0. The molecule has 2 saturated carbocycles. The first-order valence-electron chi connectivity index (χ1n) is 10.8. The van der Waals surface area contributed by atoms with Crippen molar-refractivity contribution in [2.45, 2.75) is 82.7 Å². The summed E-state index contributed by atoms with van der Waals surface area (Å²) in [6, 6.07) is 0. The number of rotatable bonds is 8. The molecule has 6 unspecified atom stereocenters. The lowest BCUT2D eigenvalue weighted by molar-refractivity contribution is -0.162. The number of fused-ring (bicyclic) bond motifs is 2. The highest BCUT2D eigenvalue weighted by Crippen LogP contribution is 2.50. The number of hydrogen-bond acceptors (Lipinski definition) is 7. The first-order valence-corrected chi connectivity index (χ1v) is 10.8. The van der Waals surface area contributed by atoms with Crippen molar-refractivity contribution in [2.24, 2.45) is 17.3 Å². The molecule has 0 spiro atoms. The predicted octanol–water partition coefficient (Wildman–Crippen LogP) is 2.64. The minimum absolute atomic E-state index is 0.0163. The third kappa shape index (κ3) is 4.47. The van der Waals surface area contributed by atoms with Gasteiger partial charge in [0, 0.05) is 7.11 Å². The van der Waals surface area contributed by atoms with Crippen LogP contribution in [0.25, 0.3) is 0 Å². The third-order valence-electron chi connectivity index (χ3n) is 7.33. The van der Waals surface area contributed by atoms with E-state index in [0.29, 0.717) is 6.61 Å². The highest BCUT2D eigenvalue weighted by molar-refractivity contribution is 5.73. The average molecular weight is 411 g/mol. The summed E-state index contributed by atoms with van der Waals surface area (Å²) in [5.74, 6) is -0.595. The molecule has 7 nitrogen and oxygen atoms in total. The van der Waals surface area contributed by atoms with Gasteiger partial charge in [0.25, 0.3) is 0 Å². The monoisotopic (exact) mass is 410 g/mol. The average Bonchev–Trinajstić information content (AvgIpc) is 3.56. The Hall–Kier alpha value is -1.18. The Balaban J connectivity index is 1.23. The van der Waals surface area contributed by atoms with Crippen molar-refractivity contribution in [1.29, 1.82) is 0 Å². The third-order valence-corrected chi connectivity index (χ3v) is 7.33. The van der Waals surface area contributed by atoms with Gasteiger partial charge in [-0.2, -0.15) is 0 Å². The van der Waals surface area contributed by atoms with E-state index in [1.165, 1.54) is 0 Å². The molecule has 2 heterocycles. The molecular formula is C22H34O7. The van der Waals surface area contributed by atoms with Gasteiger partial charge in [-0.25, -0.2) is 0 Å². The molecule has 0 bridgehead atoms. The second-order valence-electron chi connectivity index (χ2n) is 10.2. The number of carbonyl (C=O) groups is 2. The summed E-state index contributed by atoms with van der Waals surface area (Å²) in [4.78, 5) is 25.1. The van der Waals surface area contributed by atoms with Crippen molar-refractivity contribution >= 4 is 11.9 Å². The lowest BCUT2D eigenvalue weighted by atomic mass is 9.83. The smallest absolute Gasteiger partial charge is 0.309 e. The van der Waals surface area contributed by atoms with E-state index < -0.39 is 5.41 Å². The van der Waals surface area contributed by atoms with E-state index in [0.717, 1.165) is 38.5 Å². The SMILES string of the molecule is COCC(C)(COC(=O)C1CCC2(C)OC2C1)COC(=O)C1CCC2(C)OC2C1. The largest absolute Gasteiger partial charge is 0.465 e. The molecule has 0 N–H and O–H groups in total. The quantitative estimate of drug-likeness (QED) is 0.449. The topological polar surface area (TPSA) is 86.9 Å². The zero-order chi connectivity index (χ0) is 20.9. The minimum atomic E-state index is -0.571. The van der Waals surface area contributed by atoms with Crippen LogP contribution in [0.4, 0.5) is 0 Å². The number of epoxide rings is 2. The Labute approximate surface area is 172 Å². The van der Waals surface area contributed by atoms with Gasteiger partial charge >= 0.3 is 11.9 Å². The Morgan fingerprint density at radius 1 is 0.897 bits per heavy atom. The number of methoxy groups -OCH3 is 1. The molecule has 7 heteroatoms. The van der Waals surface area contributed by atoms with Crippen molar-refractivity contribution in [3.8, 4) is 0 Å². The molecule has 0 amide bonds. The van der Waals surface area contributed by atoms with E-state index in [4.69, 9.17) is 23.7 Å². The van der Waals surface area contributed by atoms with Crippen LogP contribution < -0.4 is 0 Å². The molecule has 2 saturated heterocycles. The summed E-state index contributed by atoms with van der Waals surface area (Å²) in [6.45, 7) is 6.80. The molecule has 4 aliphatic rings. The Morgan fingerprint density at radius 2 is 1.34 bits per heavy atom. The summed E-state index contributed by atoms with van der Waals surface area (Å²) < 4.78 is 27.9. The summed E-state index contributed by atoms with van der Waals surface area (Å²) in [5.41, 5.74) is -0.603. The molecule has 0 aromatic heterocycles. The second kappa shape index (κ2) is 7.50. The summed E-state index contributed by atoms with van der Waals surface area (Å²) in [7, 11) is 1.60. The van der Waals surface area contributed by atoms with Gasteiger partial charge in [0.05, 0.1) is 47.3 Å². The Bertz CT molecular complexity index is 614. The van der Waals surface area contributed by atoms with Gasteiger partial charge in [0.15, 0.2) is 0 Å². The van der Waals surface area contributed by atoms with Crippen molar-refractivity contribution < 1.29 is 33.3 Å². The zero-order valence-corrected chi connectivity index (χ0v) is 18.0. The van der Waals surface area contributed by atoms with E-state index in [9.17, 15) is 9.59 Å². The van der Waals surface area contributed by atoms with E-state index in [-0.39, 0.29) is 60.4 Å². The minimum Gasteiger partial charge on any atom is -0.465 e. The summed E-state index contributed by atoms with van der Waals surface area (Å²) in [5, 5.41) is 0. The number of ether oxygens (including phenoxy) is 5. The van der Waals surface area contributed by atoms with Crippen LogP contribution in [0.2, 0.25) is 0 Å². The van der Waals surface area contributed by atoms with Crippen molar-refractivity contribution in [1.82, 2.24) is 0 Å². The highest BCUT2D eigenvalue weighted by Gasteiger charge is 2.57. The molecule has 4 fully saturated rings. The van der Waals surface area contributed by atoms with Crippen LogP contribution >= 0.6 is 0 Å². The van der Waals surface area contributed by atoms with Crippen LogP contribution in [0.3, 0.4) is 0 Å². The van der Waals surface area contributed by atoms with Crippen LogP contribution in [0.15, 0.2) is 0 Å². The second-order valence-corrected chi connectivity index (χ2v) is 10.2. The van der Waals surface area contributed by atoms with Crippen LogP contribution in [0, 0.1) is 17.3 Å². The molecular weight excluding hydrogens is 376 g/mol. The van der Waals surface area contributed by atoms with Gasteiger partial charge < -0.3 is 23.7 Å². The van der Waals surface area contributed by atoms with Gasteiger partial charge in [0.2, 0.25) is 0 Å². The molecule has 2 aliphatic heterocycles. The highest BCUT2D eigenvalue weighted by atomic mass is 16.6. The van der Waals surface area contributed by atoms with E-state index in [1.54, 1.807) is 7.11 Å². The van der Waals surface area contributed by atoms with Crippen LogP contribution in [-0.2, 0) is 33.3 Å². The fourth-order valence-corrected chi connectivity index (χ4v) is 4.92. The maximum absolute atomic E-state index is 12.5. The zero-order valence-electron chi connectivity index (χ0n) is 18.0. The van der Waals surface area contributed by atoms with Gasteiger partial charge in [-0.1, -0.05) is 6.92 Å². The lowest BCUT2D eigenvalue weighted by Crippen LogP contribution is -2.38. The summed E-state index contributed by atoms with van der Waals surface area (Å²) >= 11 is 0.